The molecule has 2 atom stereocenters. The van der Waals surface area contributed by atoms with Gasteiger partial charge in [-0.2, -0.15) is 0 Å². The first-order valence-electron chi connectivity index (χ1n) is 9.33. The predicted octanol–water partition coefficient (Wildman–Crippen LogP) is 3.46. The van der Waals surface area contributed by atoms with Crippen molar-refractivity contribution >= 4 is 28.5 Å². The summed E-state index contributed by atoms with van der Waals surface area (Å²) in [6.07, 6.45) is 6.90. The molecule has 0 saturated heterocycles. The Morgan fingerprint density at radius 2 is 2.04 bits per heavy atom. The Balaban J connectivity index is 1.69. The number of hydrogen-bond donors (Lipinski definition) is 2. The molecule has 0 unspecified atom stereocenters. The number of amides is 1. The normalized spacial score (nSPS) is 22.9. The average Bonchev–Trinajstić information content (AvgIpc) is 2.62. The van der Waals surface area contributed by atoms with Gasteiger partial charge in [0.15, 0.2) is 5.76 Å². The van der Waals surface area contributed by atoms with Gasteiger partial charge in [0.05, 0.1) is 6.61 Å². The first kappa shape index (κ1) is 19.6. The zero-order chi connectivity index (χ0) is 18.4. The lowest BCUT2D eigenvalue weighted by atomic mass is 9.91. The number of rotatable bonds is 8. The Kier molecular flexibility index (Phi) is 7.33. The molecule has 142 valence electrons. The van der Waals surface area contributed by atoms with Crippen LogP contribution in [-0.4, -0.2) is 36.6 Å². The summed E-state index contributed by atoms with van der Waals surface area (Å²) in [6, 6.07) is 8.61. The van der Waals surface area contributed by atoms with E-state index >= 15 is 0 Å². The Labute approximate surface area is 168 Å². The summed E-state index contributed by atoms with van der Waals surface area (Å²) >= 11 is 2.29. The average molecular weight is 471 g/mol. The Hall–Kier alpha value is -1.12. The standard InChI is InChI=1S/C20H26INO4/c21-16-8-6-14(7-9-16)15-12-18(20(24)22-17-4-3-5-17)26-19(13-15)25-11-2-1-10-23/h6-9,12,15,17,19,23H,1-5,10-11,13H2,(H,22,24)/t15-,19+/m0/s1. The third-order valence-corrected chi connectivity index (χ3v) is 5.60. The minimum Gasteiger partial charge on any atom is -0.459 e. The molecular weight excluding hydrogens is 445 g/mol. The summed E-state index contributed by atoms with van der Waals surface area (Å²) in [6.45, 7) is 0.678. The number of benzene rings is 1. The SMILES string of the molecule is O=C(NC1CCC1)C1=C[C@H](c2ccc(I)cc2)C[C@H](OCCCCO)O1. The third kappa shape index (κ3) is 5.44. The lowest BCUT2D eigenvalue weighted by Gasteiger charge is -2.31. The molecule has 1 aromatic carbocycles. The quantitative estimate of drug-likeness (QED) is 0.450. The molecule has 3 rings (SSSR count). The number of allylic oxidation sites excluding steroid dienone is 1. The van der Waals surface area contributed by atoms with Gasteiger partial charge >= 0.3 is 0 Å². The number of ether oxygens (including phenoxy) is 2. The largest absolute Gasteiger partial charge is 0.459 e. The van der Waals surface area contributed by atoms with E-state index in [-0.39, 0.29) is 24.5 Å². The number of aliphatic hydroxyl groups excluding tert-OH is 1. The predicted molar refractivity (Wildman–Crippen MR) is 108 cm³/mol. The van der Waals surface area contributed by atoms with Crippen molar-refractivity contribution in [1.29, 1.82) is 0 Å². The van der Waals surface area contributed by atoms with Crippen molar-refractivity contribution in [3.05, 3.63) is 45.2 Å². The fourth-order valence-corrected chi connectivity index (χ4v) is 3.46. The number of carbonyl (C=O) groups excluding carboxylic acids is 1. The molecule has 2 aliphatic rings. The highest BCUT2D eigenvalue weighted by Crippen LogP contribution is 2.32. The maximum atomic E-state index is 12.6. The van der Waals surface area contributed by atoms with E-state index in [1.54, 1.807) is 0 Å². The van der Waals surface area contributed by atoms with E-state index in [1.807, 2.05) is 6.08 Å². The molecule has 1 aliphatic carbocycles. The van der Waals surface area contributed by atoms with Gasteiger partial charge in [-0.15, -0.1) is 0 Å². The van der Waals surface area contributed by atoms with Crippen LogP contribution in [0.1, 0.15) is 50.0 Å². The summed E-state index contributed by atoms with van der Waals surface area (Å²) < 4.78 is 12.8. The topological polar surface area (TPSA) is 67.8 Å². The van der Waals surface area contributed by atoms with E-state index in [1.165, 1.54) is 9.99 Å². The number of aliphatic hydroxyl groups is 1. The van der Waals surface area contributed by atoms with Crippen LogP contribution in [0, 0.1) is 3.57 Å². The zero-order valence-corrected chi connectivity index (χ0v) is 17.0. The van der Waals surface area contributed by atoms with Gasteiger partial charge in [0.25, 0.3) is 5.91 Å². The lowest BCUT2D eigenvalue weighted by Crippen LogP contribution is -2.42. The van der Waals surface area contributed by atoms with Gasteiger partial charge in [-0.05, 0) is 78.5 Å². The van der Waals surface area contributed by atoms with Crippen LogP contribution in [0.25, 0.3) is 0 Å². The Morgan fingerprint density at radius 3 is 2.69 bits per heavy atom. The van der Waals surface area contributed by atoms with Crippen molar-refractivity contribution < 1.29 is 19.4 Å². The molecule has 6 heteroatoms. The molecule has 1 fully saturated rings. The number of unbranched alkanes of at least 4 members (excludes halogenated alkanes) is 1. The Bertz CT molecular complexity index is 627. The fraction of sp³-hybridized carbons (Fsp3) is 0.550. The summed E-state index contributed by atoms with van der Waals surface area (Å²) in [5, 5.41) is 11.9. The molecule has 1 heterocycles. The van der Waals surface area contributed by atoms with Crippen LogP contribution in [0.5, 0.6) is 0 Å². The monoisotopic (exact) mass is 471 g/mol. The van der Waals surface area contributed by atoms with Gasteiger partial charge in [0.1, 0.15) is 0 Å². The smallest absolute Gasteiger partial charge is 0.286 e. The maximum absolute atomic E-state index is 12.6. The van der Waals surface area contributed by atoms with Crippen LogP contribution in [0.15, 0.2) is 36.1 Å². The van der Waals surface area contributed by atoms with E-state index in [0.29, 0.717) is 25.2 Å². The number of halogens is 1. The van der Waals surface area contributed by atoms with Crippen LogP contribution >= 0.6 is 22.6 Å². The molecule has 26 heavy (non-hydrogen) atoms. The minimum atomic E-state index is -0.440. The van der Waals surface area contributed by atoms with Crippen LogP contribution in [0.2, 0.25) is 0 Å². The van der Waals surface area contributed by atoms with Gasteiger partial charge < -0.3 is 19.9 Å². The summed E-state index contributed by atoms with van der Waals surface area (Å²) in [7, 11) is 0. The molecule has 1 saturated carbocycles. The molecule has 1 amide bonds. The van der Waals surface area contributed by atoms with Gasteiger partial charge in [-0.1, -0.05) is 12.1 Å². The van der Waals surface area contributed by atoms with E-state index in [9.17, 15) is 4.79 Å². The van der Waals surface area contributed by atoms with Crippen LogP contribution in [-0.2, 0) is 14.3 Å². The number of nitrogens with one attached hydrogen (secondary N) is 1. The lowest BCUT2D eigenvalue weighted by molar-refractivity contribution is -0.147. The van der Waals surface area contributed by atoms with Crippen molar-refractivity contribution in [3.63, 3.8) is 0 Å². The highest BCUT2D eigenvalue weighted by Gasteiger charge is 2.30. The highest BCUT2D eigenvalue weighted by atomic mass is 127. The van der Waals surface area contributed by atoms with Crippen molar-refractivity contribution in [3.8, 4) is 0 Å². The third-order valence-electron chi connectivity index (χ3n) is 4.88. The maximum Gasteiger partial charge on any atom is 0.286 e. The number of carbonyl (C=O) groups is 1. The van der Waals surface area contributed by atoms with Crippen LogP contribution in [0.4, 0.5) is 0 Å². The fourth-order valence-electron chi connectivity index (χ4n) is 3.10. The van der Waals surface area contributed by atoms with E-state index in [0.717, 1.165) is 24.8 Å². The zero-order valence-electron chi connectivity index (χ0n) is 14.8. The van der Waals surface area contributed by atoms with Gasteiger partial charge in [0.2, 0.25) is 6.29 Å². The summed E-state index contributed by atoms with van der Waals surface area (Å²) in [5.41, 5.74) is 1.16. The van der Waals surface area contributed by atoms with Crippen LogP contribution in [0.3, 0.4) is 0 Å². The van der Waals surface area contributed by atoms with Crippen molar-refractivity contribution in [2.24, 2.45) is 0 Å². The van der Waals surface area contributed by atoms with Gasteiger partial charge in [-0.25, -0.2) is 0 Å². The first-order chi connectivity index (χ1) is 12.7. The second-order valence-electron chi connectivity index (χ2n) is 6.87. The van der Waals surface area contributed by atoms with Crippen LogP contribution < -0.4 is 5.32 Å². The molecule has 0 aromatic heterocycles. The van der Waals surface area contributed by atoms with Crippen molar-refractivity contribution in [1.82, 2.24) is 5.32 Å². The summed E-state index contributed by atoms with van der Waals surface area (Å²) in [4.78, 5) is 12.6. The molecule has 2 N–H and O–H groups in total. The second kappa shape index (κ2) is 9.71. The molecule has 0 radical (unpaired) electrons. The van der Waals surface area contributed by atoms with E-state index in [2.05, 4.69) is 52.2 Å². The van der Waals surface area contributed by atoms with E-state index < -0.39 is 6.29 Å². The summed E-state index contributed by atoms with van der Waals surface area (Å²) in [5.74, 6) is 0.304. The highest BCUT2D eigenvalue weighted by molar-refractivity contribution is 14.1. The van der Waals surface area contributed by atoms with Crippen molar-refractivity contribution in [2.45, 2.75) is 56.8 Å². The minimum absolute atomic E-state index is 0.0886. The molecule has 0 bridgehead atoms. The molecule has 5 nitrogen and oxygen atoms in total. The number of hydrogen-bond acceptors (Lipinski definition) is 4. The second-order valence-corrected chi connectivity index (χ2v) is 8.12. The van der Waals surface area contributed by atoms with Gasteiger partial charge in [-0.3, -0.25) is 4.79 Å². The first-order valence-corrected chi connectivity index (χ1v) is 10.4. The van der Waals surface area contributed by atoms with E-state index in [4.69, 9.17) is 14.6 Å². The molecule has 0 spiro atoms. The Morgan fingerprint density at radius 1 is 1.27 bits per heavy atom. The van der Waals surface area contributed by atoms with Crippen molar-refractivity contribution in [2.75, 3.05) is 13.2 Å². The molecular formula is C20H26INO4. The molecule has 1 aromatic rings. The molecule has 1 aliphatic heterocycles. The van der Waals surface area contributed by atoms with Gasteiger partial charge in [0, 0.05) is 28.6 Å².